The van der Waals surface area contributed by atoms with Crippen LogP contribution in [0.25, 0.3) is 6.08 Å². The largest absolute Gasteiger partial charge is 0.236 e. The van der Waals surface area contributed by atoms with Crippen molar-refractivity contribution in [3.05, 3.63) is 41.3 Å². The molecular formula is C14H20N2O4S2. The Bertz CT molecular complexity index is 727. The van der Waals surface area contributed by atoms with Crippen molar-refractivity contribution in [2.24, 2.45) is 11.1 Å². The summed E-state index contributed by atoms with van der Waals surface area (Å²) in [4.78, 5) is 0. The Kier molecular flexibility index (Phi) is 5.38. The first-order valence-corrected chi connectivity index (χ1v) is 10.2. The van der Waals surface area contributed by atoms with Gasteiger partial charge in [-0.15, -0.1) is 0 Å². The van der Waals surface area contributed by atoms with Gasteiger partial charge in [-0.25, -0.2) is 22.0 Å². The van der Waals surface area contributed by atoms with Gasteiger partial charge in [0.25, 0.3) is 0 Å². The molecule has 0 aromatic heterocycles. The van der Waals surface area contributed by atoms with Gasteiger partial charge in [0.1, 0.15) is 0 Å². The molecule has 8 heteroatoms. The van der Waals surface area contributed by atoms with E-state index in [1.807, 2.05) is 30.3 Å². The Labute approximate surface area is 131 Å². The second kappa shape index (κ2) is 6.91. The normalized spacial score (nSPS) is 21.2. The second-order valence-electron chi connectivity index (χ2n) is 5.45. The molecule has 22 heavy (non-hydrogen) atoms. The minimum atomic E-state index is -3.59. The maximum absolute atomic E-state index is 12.3. The van der Waals surface area contributed by atoms with Crippen LogP contribution in [0.4, 0.5) is 0 Å². The number of hydrogen-bond acceptors (Lipinski definition) is 4. The van der Waals surface area contributed by atoms with Crippen LogP contribution >= 0.6 is 0 Å². The molecule has 2 rings (SSSR count). The molecule has 1 aromatic carbocycles. The molecule has 6 nitrogen and oxygen atoms in total. The number of sulfonamides is 2. The molecule has 1 atom stereocenters. The van der Waals surface area contributed by atoms with Crippen LogP contribution in [0.2, 0.25) is 0 Å². The molecule has 1 heterocycles. The van der Waals surface area contributed by atoms with Crippen LogP contribution < -0.4 is 5.14 Å². The fraction of sp³-hybridized carbons (Fsp3) is 0.429. The fourth-order valence-corrected chi connectivity index (χ4v) is 4.77. The van der Waals surface area contributed by atoms with Gasteiger partial charge in [0.05, 0.1) is 5.75 Å². The molecule has 1 fully saturated rings. The zero-order chi connectivity index (χ0) is 16.2. The highest BCUT2D eigenvalue weighted by atomic mass is 32.2. The SMILES string of the molecule is NS(=O)(=O)C[C@@H]1CCCN(S(=O)(=O)/C=C\c2ccccc2)C1. The topological polar surface area (TPSA) is 97.5 Å². The molecule has 0 spiro atoms. The summed E-state index contributed by atoms with van der Waals surface area (Å²) in [5.74, 6) is -0.426. The van der Waals surface area contributed by atoms with E-state index in [9.17, 15) is 16.8 Å². The zero-order valence-electron chi connectivity index (χ0n) is 12.1. The molecule has 0 unspecified atom stereocenters. The average Bonchev–Trinajstić information content (AvgIpc) is 2.45. The van der Waals surface area contributed by atoms with Crippen molar-refractivity contribution in [1.82, 2.24) is 4.31 Å². The van der Waals surface area contributed by atoms with E-state index in [2.05, 4.69) is 0 Å². The minimum Gasteiger partial charge on any atom is -0.229 e. The van der Waals surface area contributed by atoms with Crippen LogP contribution in [0.1, 0.15) is 18.4 Å². The van der Waals surface area contributed by atoms with Crippen LogP contribution in [0, 0.1) is 5.92 Å². The lowest BCUT2D eigenvalue weighted by Crippen LogP contribution is -2.41. The molecule has 0 amide bonds. The van der Waals surface area contributed by atoms with E-state index in [1.54, 1.807) is 6.08 Å². The van der Waals surface area contributed by atoms with E-state index < -0.39 is 20.0 Å². The van der Waals surface area contributed by atoms with Gasteiger partial charge in [-0.1, -0.05) is 30.3 Å². The first-order valence-electron chi connectivity index (χ1n) is 7.00. The predicted molar refractivity (Wildman–Crippen MR) is 86.7 cm³/mol. The predicted octanol–water partition coefficient (Wildman–Crippen LogP) is 0.988. The molecule has 1 aliphatic heterocycles. The van der Waals surface area contributed by atoms with Crippen LogP contribution in [0.5, 0.6) is 0 Å². The van der Waals surface area contributed by atoms with Crippen molar-refractivity contribution in [2.75, 3.05) is 18.8 Å². The fourth-order valence-electron chi connectivity index (χ4n) is 2.54. The Morgan fingerprint density at radius 3 is 2.50 bits per heavy atom. The molecule has 1 saturated heterocycles. The number of rotatable bonds is 5. The summed E-state index contributed by atoms with van der Waals surface area (Å²) in [5.41, 5.74) is 0.796. The second-order valence-corrected chi connectivity index (χ2v) is 8.93. The summed E-state index contributed by atoms with van der Waals surface area (Å²) < 4.78 is 48.3. The van der Waals surface area contributed by atoms with Gasteiger partial charge in [0, 0.05) is 18.5 Å². The van der Waals surface area contributed by atoms with E-state index in [0.717, 1.165) is 5.56 Å². The van der Waals surface area contributed by atoms with E-state index in [1.165, 1.54) is 9.71 Å². The molecule has 1 aliphatic rings. The third-order valence-electron chi connectivity index (χ3n) is 3.54. The summed E-state index contributed by atoms with van der Waals surface area (Å²) in [6.45, 7) is 0.598. The third kappa shape index (κ3) is 5.20. The van der Waals surface area contributed by atoms with Gasteiger partial charge in [-0.2, -0.15) is 4.31 Å². The van der Waals surface area contributed by atoms with Crippen molar-refractivity contribution in [1.29, 1.82) is 0 Å². The minimum absolute atomic E-state index is 0.179. The Hall–Kier alpha value is -1.22. The van der Waals surface area contributed by atoms with Gasteiger partial charge in [-0.05, 0) is 30.4 Å². The summed E-state index contributed by atoms with van der Waals surface area (Å²) in [7, 11) is -7.14. The van der Waals surface area contributed by atoms with Gasteiger partial charge >= 0.3 is 0 Å². The summed E-state index contributed by atoms with van der Waals surface area (Å²) in [5, 5.41) is 6.21. The van der Waals surface area contributed by atoms with E-state index >= 15 is 0 Å². The van der Waals surface area contributed by atoms with Crippen LogP contribution in [-0.4, -0.2) is 40.0 Å². The molecule has 1 aromatic rings. The molecule has 0 radical (unpaired) electrons. The number of nitrogens with zero attached hydrogens (tertiary/aromatic N) is 1. The Morgan fingerprint density at radius 2 is 1.86 bits per heavy atom. The van der Waals surface area contributed by atoms with Crippen molar-refractivity contribution < 1.29 is 16.8 Å². The van der Waals surface area contributed by atoms with Crippen molar-refractivity contribution >= 4 is 26.1 Å². The molecule has 0 aliphatic carbocycles. The number of nitrogens with two attached hydrogens (primary N) is 1. The highest BCUT2D eigenvalue weighted by Crippen LogP contribution is 2.21. The monoisotopic (exact) mass is 344 g/mol. The van der Waals surface area contributed by atoms with Gasteiger partial charge < -0.3 is 0 Å². The Morgan fingerprint density at radius 1 is 1.18 bits per heavy atom. The molecule has 122 valence electrons. The van der Waals surface area contributed by atoms with E-state index in [-0.39, 0.29) is 18.2 Å². The maximum Gasteiger partial charge on any atom is 0.236 e. The maximum atomic E-state index is 12.3. The van der Waals surface area contributed by atoms with E-state index in [0.29, 0.717) is 19.4 Å². The van der Waals surface area contributed by atoms with Crippen molar-refractivity contribution in [3.63, 3.8) is 0 Å². The first-order chi connectivity index (χ1) is 10.3. The molecule has 0 saturated carbocycles. The lowest BCUT2D eigenvalue weighted by atomic mass is 10.0. The number of hydrogen-bond donors (Lipinski definition) is 1. The van der Waals surface area contributed by atoms with Crippen LogP contribution in [0.15, 0.2) is 35.7 Å². The summed E-state index contributed by atoms with van der Waals surface area (Å²) in [6, 6.07) is 9.14. The third-order valence-corrected chi connectivity index (χ3v) is 6.01. The van der Waals surface area contributed by atoms with Gasteiger partial charge in [-0.3, -0.25) is 0 Å². The van der Waals surface area contributed by atoms with Crippen LogP contribution in [-0.2, 0) is 20.0 Å². The molecule has 2 N–H and O–H groups in total. The zero-order valence-corrected chi connectivity index (χ0v) is 13.8. The van der Waals surface area contributed by atoms with Crippen molar-refractivity contribution in [3.8, 4) is 0 Å². The smallest absolute Gasteiger partial charge is 0.229 e. The number of benzene rings is 1. The number of piperidine rings is 1. The average molecular weight is 344 g/mol. The molecular weight excluding hydrogens is 324 g/mol. The summed E-state index contributed by atoms with van der Waals surface area (Å²) >= 11 is 0. The highest BCUT2D eigenvalue weighted by molar-refractivity contribution is 7.92. The number of primary sulfonamides is 1. The van der Waals surface area contributed by atoms with Gasteiger partial charge in [0.2, 0.25) is 20.0 Å². The molecule has 0 bridgehead atoms. The van der Waals surface area contributed by atoms with Crippen LogP contribution in [0.3, 0.4) is 0 Å². The Balaban J connectivity index is 2.07. The quantitative estimate of drug-likeness (QED) is 0.861. The van der Waals surface area contributed by atoms with Gasteiger partial charge in [0.15, 0.2) is 0 Å². The highest BCUT2D eigenvalue weighted by Gasteiger charge is 2.29. The lowest BCUT2D eigenvalue weighted by Gasteiger charge is -2.30. The first kappa shape index (κ1) is 17.1. The van der Waals surface area contributed by atoms with Crippen molar-refractivity contribution in [2.45, 2.75) is 12.8 Å². The lowest BCUT2D eigenvalue weighted by molar-refractivity contribution is 0.285. The standard InChI is InChI=1S/C14H20N2O4S2/c15-21(17,18)12-14-7-4-9-16(11-14)22(19,20)10-8-13-5-2-1-3-6-13/h1-3,5-6,8,10,14H,4,7,9,11-12H2,(H2,15,17,18)/b10-8-/t14-/m1/s1. The van der Waals surface area contributed by atoms with E-state index in [4.69, 9.17) is 5.14 Å². The summed E-state index contributed by atoms with van der Waals surface area (Å²) in [6.07, 6.45) is 2.85.